The zero-order valence-corrected chi connectivity index (χ0v) is 6.18. The zero-order valence-electron chi connectivity index (χ0n) is 6.18. The second-order valence-corrected chi connectivity index (χ2v) is 1.55. The van der Waals surface area contributed by atoms with Crippen LogP contribution in [0.4, 0.5) is 0 Å². The van der Waals surface area contributed by atoms with Gasteiger partial charge in [-0.1, -0.05) is 5.92 Å². The van der Waals surface area contributed by atoms with Crippen molar-refractivity contribution < 1.29 is 0 Å². The van der Waals surface area contributed by atoms with E-state index in [0.29, 0.717) is 5.57 Å². The summed E-state index contributed by atoms with van der Waals surface area (Å²) < 4.78 is 0. The smallest absolute Gasteiger partial charge is 0.0436 e. The zero-order chi connectivity index (χ0) is 7.82. The molecule has 0 aromatic heterocycles. The Morgan fingerprint density at radius 2 is 2.30 bits per heavy atom. The van der Waals surface area contributed by atoms with Crippen LogP contribution in [-0.4, -0.2) is 19.5 Å². The number of rotatable bonds is 2. The molecule has 0 aliphatic heterocycles. The predicted octanol–water partition coefficient (Wildman–Crippen LogP) is 1.29. The Bertz CT molecular complexity index is 213. The summed E-state index contributed by atoms with van der Waals surface area (Å²) in [6.07, 6.45) is 4.52. The van der Waals surface area contributed by atoms with Crippen molar-refractivity contribution in [3.8, 4) is 11.8 Å². The van der Waals surface area contributed by atoms with Crippen molar-refractivity contribution in [2.75, 3.05) is 7.05 Å². The number of nitrogens with one attached hydrogen (secondary N) is 1. The molecular weight excluding hydrogens is 124 g/mol. The maximum Gasteiger partial charge on any atom is 0.0436 e. The quantitative estimate of drug-likeness (QED) is 0.436. The summed E-state index contributed by atoms with van der Waals surface area (Å²) >= 11 is 0. The van der Waals surface area contributed by atoms with Crippen molar-refractivity contribution in [1.82, 2.24) is 0 Å². The molecule has 0 amide bonds. The summed E-state index contributed by atoms with van der Waals surface area (Å²) in [7, 11) is 1.68. The third kappa shape index (κ3) is 3.62. The topological polar surface area (TPSA) is 36.2 Å². The summed E-state index contributed by atoms with van der Waals surface area (Å²) in [6.45, 7) is 1.74. The van der Waals surface area contributed by atoms with Gasteiger partial charge in [0.15, 0.2) is 0 Å². The first-order chi connectivity index (χ1) is 4.85. The molecule has 0 aromatic carbocycles. The van der Waals surface area contributed by atoms with Gasteiger partial charge in [-0.25, -0.2) is 0 Å². The fourth-order valence-corrected chi connectivity index (χ4v) is 0.425. The van der Waals surface area contributed by atoms with Crippen molar-refractivity contribution in [3.05, 3.63) is 11.6 Å². The molecule has 0 saturated heterocycles. The van der Waals surface area contributed by atoms with E-state index in [2.05, 4.69) is 16.8 Å². The van der Waals surface area contributed by atoms with Crippen LogP contribution < -0.4 is 0 Å². The van der Waals surface area contributed by atoms with Crippen molar-refractivity contribution >= 4 is 12.4 Å². The normalized spacial score (nSPS) is 10.8. The maximum absolute atomic E-state index is 6.88. The third-order valence-corrected chi connectivity index (χ3v) is 0.828. The fourth-order valence-electron chi connectivity index (χ4n) is 0.425. The third-order valence-electron chi connectivity index (χ3n) is 0.828. The van der Waals surface area contributed by atoms with Gasteiger partial charge >= 0.3 is 0 Å². The molecule has 0 bridgehead atoms. The average Bonchev–Trinajstić information content (AvgIpc) is 1.98. The molecule has 0 spiro atoms. The Morgan fingerprint density at radius 3 is 2.70 bits per heavy atom. The van der Waals surface area contributed by atoms with Crippen molar-refractivity contribution in [2.45, 2.75) is 6.92 Å². The SMILES string of the molecule is CC#C/C(C=N)=C/C=NC. The largest absolute Gasteiger partial charge is 0.307 e. The van der Waals surface area contributed by atoms with Crippen LogP contribution in [-0.2, 0) is 0 Å². The van der Waals surface area contributed by atoms with Crippen molar-refractivity contribution in [2.24, 2.45) is 4.99 Å². The molecule has 0 aromatic rings. The molecule has 1 N–H and O–H groups in total. The van der Waals surface area contributed by atoms with Crippen LogP contribution in [0, 0.1) is 17.3 Å². The molecule has 2 nitrogen and oxygen atoms in total. The number of aliphatic imine (C=N–C) groups is 1. The van der Waals surface area contributed by atoms with Gasteiger partial charge in [0, 0.05) is 25.0 Å². The second-order valence-electron chi connectivity index (χ2n) is 1.55. The summed E-state index contributed by atoms with van der Waals surface area (Å²) in [5.41, 5.74) is 0.674. The lowest BCUT2D eigenvalue weighted by Gasteiger charge is -1.80. The average molecular weight is 134 g/mol. The minimum Gasteiger partial charge on any atom is -0.307 e. The highest BCUT2D eigenvalue weighted by atomic mass is 14.6. The van der Waals surface area contributed by atoms with Gasteiger partial charge in [-0.2, -0.15) is 0 Å². The molecule has 0 heterocycles. The standard InChI is InChI=1S/C8H10N2/c1-3-4-8(7-9)5-6-10-2/h5-7,9H,1-2H3/b8-5-,9-7?,10-6?. The first-order valence-corrected chi connectivity index (χ1v) is 2.90. The molecule has 0 aliphatic carbocycles. The summed E-state index contributed by atoms with van der Waals surface area (Å²) in [5, 5.41) is 6.88. The number of allylic oxidation sites excluding steroid dienone is 2. The van der Waals surface area contributed by atoms with E-state index in [0.717, 1.165) is 0 Å². The van der Waals surface area contributed by atoms with E-state index in [1.807, 2.05) is 0 Å². The Kier molecular flexibility index (Phi) is 4.99. The van der Waals surface area contributed by atoms with Gasteiger partial charge in [-0.15, -0.1) is 5.92 Å². The maximum atomic E-state index is 6.88. The molecule has 0 rings (SSSR count). The van der Waals surface area contributed by atoms with Crippen LogP contribution in [0.5, 0.6) is 0 Å². The van der Waals surface area contributed by atoms with Gasteiger partial charge in [0.05, 0.1) is 0 Å². The van der Waals surface area contributed by atoms with Gasteiger partial charge in [0.1, 0.15) is 0 Å². The van der Waals surface area contributed by atoms with E-state index in [1.54, 1.807) is 26.3 Å². The lowest BCUT2D eigenvalue weighted by molar-refractivity contribution is 1.47. The van der Waals surface area contributed by atoms with E-state index in [9.17, 15) is 0 Å². The van der Waals surface area contributed by atoms with Gasteiger partial charge in [-0.05, 0) is 13.0 Å². The molecule has 0 radical (unpaired) electrons. The van der Waals surface area contributed by atoms with E-state index < -0.39 is 0 Å². The highest BCUT2D eigenvalue weighted by molar-refractivity contribution is 5.89. The van der Waals surface area contributed by atoms with E-state index in [-0.39, 0.29) is 0 Å². The molecular formula is C8H10N2. The van der Waals surface area contributed by atoms with Crippen LogP contribution in [0.1, 0.15) is 6.92 Å². The first kappa shape index (κ1) is 8.64. The highest BCUT2D eigenvalue weighted by Crippen LogP contribution is 1.83. The second kappa shape index (κ2) is 5.77. The molecule has 0 unspecified atom stereocenters. The van der Waals surface area contributed by atoms with Crippen LogP contribution in [0.15, 0.2) is 16.6 Å². The van der Waals surface area contributed by atoms with E-state index >= 15 is 0 Å². The highest BCUT2D eigenvalue weighted by Gasteiger charge is 1.79. The van der Waals surface area contributed by atoms with Gasteiger partial charge in [0.2, 0.25) is 0 Å². The van der Waals surface area contributed by atoms with Gasteiger partial charge < -0.3 is 5.41 Å². The number of hydrogen-bond donors (Lipinski definition) is 1. The van der Waals surface area contributed by atoms with Crippen LogP contribution in [0.25, 0.3) is 0 Å². The summed E-state index contributed by atoms with van der Waals surface area (Å²) in [4.78, 5) is 3.73. The van der Waals surface area contributed by atoms with E-state index in [4.69, 9.17) is 5.41 Å². The minimum atomic E-state index is 0.674. The Balaban J connectivity index is 4.28. The van der Waals surface area contributed by atoms with Gasteiger partial charge in [0.25, 0.3) is 0 Å². The molecule has 0 atom stereocenters. The van der Waals surface area contributed by atoms with Crippen molar-refractivity contribution in [1.29, 1.82) is 5.41 Å². The predicted molar refractivity (Wildman–Crippen MR) is 44.7 cm³/mol. The molecule has 52 valence electrons. The van der Waals surface area contributed by atoms with Crippen LogP contribution in [0.3, 0.4) is 0 Å². The molecule has 10 heavy (non-hydrogen) atoms. The van der Waals surface area contributed by atoms with Crippen LogP contribution in [0.2, 0.25) is 0 Å². The Hall–Kier alpha value is -1.36. The fraction of sp³-hybridized carbons (Fsp3) is 0.250. The number of hydrogen-bond acceptors (Lipinski definition) is 2. The van der Waals surface area contributed by atoms with E-state index in [1.165, 1.54) is 6.21 Å². The molecule has 0 aliphatic rings. The molecule has 0 saturated carbocycles. The first-order valence-electron chi connectivity index (χ1n) is 2.90. The lowest BCUT2D eigenvalue weighted by atomic mass is 10.3. The molecule has 0 fully saturated rings. The molecule has 2 heteroatoms. The van der Waals surface area contributed by atoms with Crippen molar-refractivity contribution in [3.63, 3.8) is 0 Å². The van der Waals surface area contributed by atoms with Gasteiger partial charge in [-0.3, -0.25) is 4.99 Å². The van der Waals surface area contributed by atoms with Crippen LogP contribution >= 0.6 is 0 Å². The minimum absolute atomic E-state index is 0.674. The summed E-state index contributed by atoms with van der Waals surface area (Å²) in [5.74, 6) is 5.44. The number of nitrogens with zero attached hydrogens (tertiary/aromatic N) is 1. The lowest BCUT2D eigenvalue weighted by Crippen LogP contribution is -1.78. The Morgan fingerprint density at radius 1 is 1.60 bits per heavy atom. The monoisotopic (exact) mass is 134 g/mol. The Labute approximate surface area is 61.2 Å². The summed E-state index contributed by atoms with van der Waals surface area (Å²) in [6, 6.07) is 0.